The number of benzene rings is 2. The second-order valence-electron chi connectivity index (χ2n) is 12.6. The molecule has 11 heteroatoms. The molecule has 2 aromatic carbocycles. The van der Waals surface area contributed by atoms with E-state index in [1.165, 1.54) is 12.1 Å². The monoisotopic (exact) mass is 597 g/mol. The lowest BCUT2D eigenvalue weighted by Crippen LogP contribution is -2.48. The first-order valence-corrected chi connectivity index (χ1v) is 15.2. The van der Waals surface area contributed by atoms with Crippen molar-refractivity contribution in [2.24, 2.45) is 17.8 Å². The maximum Gasteiger partial charge on any atom is 0.408 e. The van der Waals surface area contributed by atoms with E-state index in [9.17, 15) is 25.0 Å². The topological polar surface area (TPSA) is 143 Å². The van der Waals surface area contributed by atoms with E-state index in [2.05, 4.69) is 26.1 Å². The number of rotatable bonds is 11. The van der Waals surface area contributed by atoms with Crippen molar-refractivity contribution < 1.29 is 28.9 Å². The van der Waals surface area contributed by atoms with Gasteiger partial charge in [0, 0.05) is 18.1 Å². The summed E-state index contributed by atoms with van der Waals surface area (Å²) in [6, 6.07) is 8.91. The number of nitrogens with zero attached hydrogens (tertiary/aromatic N) is 2. The smallest absolute Gasteiger partial charge is 0.408 e. The van der Waals surface area contributed by atoms with Gasteiger partial charge in [-0.15, -0.1) is 0 Å². The molecule has 2 aromatic rings. The first-order valence-electron chi connectivity index (χ1n) is 15.2. The number of carbonyl (C=O) groups excluding carboxylic acids is 1. The fraction of sp³-hybridized carbons (Fsp3) is 0.594. The minimum absolute atomic E-state index is 0.0275. The van der Waals surface area contributed by atoms with Gasteiger partial charge < -0.3 is 19.5 Å². The molecule has 1 amide bonds. The molecule has 0 heterocycles. The van der Waals surface area contributed by atoms with Gasteiger partial charge in [0.05, 0.1) is 34.7 Å². The Hall–Kier alpha value is -3.89. The standard InChI is InChI=1S/C32H43N3O8/c1-20(2)26-14-10-21(3)16-29(26)43-31(36)33-32(4,19-22-11-13-24(34(37)38)18-27(22)35(39)40)23-12-15-28(41-5)30(17-23)42-25-8-6-7-9-25/h11-13,15,17-18,20-21,25-26,29H,6-10,14,16,19H2,1-5H3,(H,33,36)/t21?,26?,29?,32-/m0/s1. The normalized spacial score (nSPS) is 22.0. The van der Waals surface area contributed by atoms with E-state index < -0.39 is 27.2 Å². The van der Waals surface area contributed by atoms with E-state index >= 15 is 0 Å². The van der Waals surface area contributed by atoms with Crippen LogP contribution >= 0.6 is 0 Å². The summed E-state index contributed by atoms with van der Waals surface area (Å²) in [6.45, 7) is 8.20. The van der Waals surface area contributed by atoms with Crippen LogP contribution < -0.4 is 14.8 Å². The van der Waals surface area contributed by atoms with E-state index in [1.54, 1.807) is 32.2 Å². The van der Waals surface area contributed by atoms with Gasteiger partial charge in [-0.2, -0.15) is 0 Å². The second kappa shape index (κ2) is 13.6. The minimum atomic E-state index is -1.20. The largest absolute Gasteiger partial charge is 0.493 e. The quantitative estimate of drug-likeness (QED) is 0.207. The molecule has 0 radical (unpaired) electrons. The molecule has 0 bridgehead atoms. The van der Waals surface area contributed by atoms with Gasteiger partial charge in [-0.1, -0.05) is 33.3 Å². The summed E-state index contributed by atoms with van der Waals surface area (Å²) in [5.74, 6) is 2.07. The molecule has 0 saturated heterocycles. The van der Waals surface area contributed by atoms with Gasteiger partial charge in [0.15, 0.2) is 11.5 Å². The van der Waals surface area contributed by atoms with Crippen LogP contribution in [0, 0.1) is 38.0 Å². The first-order chi connectivity index (χ1) is 20.4. The third kappa shape index (κ3) is 7.74. The van der Waals surface area contributed by atoms with E-state index in [4.69, 9.17) is 14.2 Å². The molecule has 2 saturated carbocycles. The number of alkyl carbamates (subject to hydrolysis) is 1. The SMILES string of the molecule is COc1ccc([C@](C)(Cc2ccc([N+](=O)[O-])cc2[N+](=O)[O-])NC(=O)OC2CC(C)CCC2C(C)C)cc1OC1CCCC1. The van der Waals surface area contributed by atoms with Crippen LogP contribution in [-0.2, 0) is 16.7 Å². The fourth-order valence-corrected chi connectivity index (χ4v) is 6.52. The molecule has 2 fully saturated rings. The summed E-state index contributed by atoms with van der Waals surface area (Å²) in [6.07, 6.45) is 6.00. The van der Waals surface area contributed by atoms with E-state index in [-0.39, 0.29) is 35.8 Å². The van der Waals surface area contributed by atoms with Gasteiger partial charge in [0.2, 0.25) is 0 Å². The number of hydrogen-bond acceptors (Lipinski definition) is 8. The fourth-order valence-electron chi connectivity index (χ4n) is 6.52. The van der Waals surface area contributed by atoms with Crippen LogP contribution in [0.25, 0.3) is 0 Å². The van der Waals surface area contributed by atoms with Crippen molar-refractivity contribution in [3.8, 4) is 11.5 Å². The van der Waals surface area contributed by atoms with Crippen LogP contribution in [0.2, 0.25) is 0 Å². The predicted molar refractivity (Wildman–Crippen MR) is 161 cm³/mol. The lowest BCUT2D eigenvalue weighted by molar-refractivity contribution is -0.394. The summed E-state index contributed by atoms with van der Waals surface area (Å²) in [5, 5.41) is 26.4. The van der Waals surface area contributed by atoms with Crippen molar-refractivity contribution in [2.45, 2.75) is 96.8 Å². The number of non-ortho nitro benzene ring substituents is 1. The zero-order valence-electron chi connectivity index (χ0n) is 25.7. The van der Waals surface area contributed by atoms with Gasteiger partial charge in [-0.3, -0.25) is 20.2 Å². The summed E-state index contributed by atoms with van der Waals surface area (Å²) >= 11 is 0. The Morgan fingerprint density at radius 2 is 1.74 bits per heavy atom. The van der Waals surface area contributed by atoms with Crippen molar-refractivity contribution in [3.63, 3.8) is 0 Å². The van der Waals surface area contributed by atoms with Gasteiger partial charge >= 0.3 is 6.09 Å². The highest BCUT2D eigenvalue weighted by Crippen LogP contribution is 2.39. The number of nitro groups is 2. The third-order valence-electron chi connectivity index (χ3n) is 9.01. The zero-order chi connectivity index (χ0) is 31.3. The van der Waals surface area contributed by atoms with Gasteiger partial charge in [0.1, 0.15) is 6.10 Å². The predicted octanol–water partition coefficient (Wildman–Crippen LogP) is 7.48. The lowest BCUT2D eigenvalue weighted by atomic mass is 9.75. The molecule has 2 aliphatic rings. The molecule has 11 nitrogen and oxygen atoms in total. The van der Waals surface area contributed by atoms with Crippen LogP contribution in [-0.4, -0.2) is 35.3 Å². The molecule has 4 rings (SSSR count). The highest BCUT2D eigenvalue weighted by Gasteiger charge is 2.38. The highest BCUT2D eigenvalue weighted by molar-refractivity contribution is 5.69. The Kier molecular flexibility index (Phi) is 10.1. The second-order valence-corrected chi connectivity index (χ2v) is 12.6. The summed E-state index contributed by atoms with van der Waals surface area (Å²) in [7, 11) is 1.56. The maximum absolute atomic E-state index is 13.6. The van der Waals surface area contributed by atoms with Crippen molar-refractivity contribution in [1.29, 1.82) is 0 Å². The molecule has 4 atom stereocenters. The van der Waals surface area contributed by atoms with Crippen molar-refractivity contribution in [3.05, 3.63) is 67.8 Å². The van der Waals surface area contributed by atoms with Crippen LogP contribution in [0.15, 0.2) is 36.4 Å². The number of nitrogens with one attached hydrogen (secondary N) is 1. The lowest BCUT2D eigenvalue weighted by Gasteiger charge is -2.38. The Labute approximate surface area is 252 Å². The molecular weight excluding hydrogens is 554 g/mol. The summed E-state index contributed by atoms with van der Waals surface area (Å²) in [4.78, 5) is 35.6. The molecule has 43 heavy (non-hydrogen) atoms. The number of ether oxygens (including phenoxy) is 3. The molecule has 1 N–H and O–H groups in total. The molecule has 2 aliphatic carbocycles. The van der Waals surface area contributed by atoms with Crippen LogP contribution in [0.3, 0.4) is 0 Å². The third-order valence-corrected chi connectivity index (χ3v) is 9.01. The zero-order valence-corrected chi connectivity index (χ0v) is 25.7. The van der Waals surface area contributed by atoms with Crippen LogP contribution in [0.4, 0.5) is 16.2 Å². The molecule has 0 spiro atoms. The van der Waals surface area contributed by atoms with Crippen LogP contribution in [0.1, 0.15) is 83.8 Å². The summed E-state index contributed by atoms with van der Waals surface area (Å²) in [5.41, 5.74) is -1.12. The Balaban J connectivity index is 1.71. The van der Waals surface area contributed by atoms with Gasteiger partial charge in [0.25, 0.3) is 11.4 Å². The average molecular weight is 598 g/mol. The van der Waals surface area contributed by atoms with E-state index in [1.807, 2.05) is 0 Å². The molecule has 0 aliphatic heterocycles. The van der Waals surface area contributed by atoms with Crippen molar-refractivity contribution >= 4 is 17.5 Å². The minimum Gasteiger partial charge on any atom is -0.493 e. The van der Waals surface area contributed by atoms with E-state index in [0.29, 0.717) is 28.9 Å². The molecular formula is C32H43N3O8. The van der Waals surface area contributed by atoms with Gasteiger partial charge in [-0.05, 0) is 87.0 Å². The van der Waals surface area contributed by atoms with Crippen molar-refractivity contribution in [2.75, 3.05) is 7.11 Å². The van der Waals surface area contributed by atoms with Crippen molar-refractivity contribution in [1.82, 2.24) is 5.32 Å². The highest BCUT2D eigenvalue weighted by atomic mass is 16.6. The Morgan fingerprint density at radius 1 is 1.02 bits per heavy atom. The number of methoxy groups -OCH3 is 1. The molecule has 3 unspecified atom stereocenters. The Bertz CT molecular complexity index is 1330. The van der Waals surface area contributed by atoms with E-state index in [0.717, 1.165) is 51.0 Å². The number of amides is 1. The van der Waals surface area contributed by atoms with Gasteiger partial charge in [-0.25, -0.2) is 4.79 Å². The first kappa shape index (κ1) is 32.0. The molecule has 234 valence electrons. The average Bonchev–Trinajstić information content (AvgIpc) is 3.45. The number of carbonyl (C=O) groups is 1. The number of hydrogen-bond donors (Lipinski definition) is 1. The molecule has 0 aromatic heterocycles. The number of nitro benzene ring substituents is 2. The maximum atomic E-state index is 13.6. The van der Waals surface area contributed by atoms with Crippen LogP contribution in [0.5, 0.6) is 11.5 Å². The Morgan fingerprint density at radius 3 is 2.37 bits per heavy atom. The summed E-state index contributed by atoms with van der Waals surface area (Å²) < 4.78 is 17.9.